The van der Waals surface area contributed by atoms with Crippen LogP contribution in [0.15, 0.2) is 0 Å². The van der Waals surface area contributed by atoms with Crippen molar-refractivity contribution in [1.82, 2.24) is 10.2 Å². The van der Waals surface area contributed by atoms with Gasteiger partial charge in [-0.05, 0) is 0 Å². The maximum Gasteiger partial charge on any atom is 0.406 e. The average Bonchev–Trinajstić information content (AvgIpc) is 2.25. The third-order valence-corrected chi connectivity index (χ3v) is 2.04. The molecule has 7 nitrogen and oxygen atoms in total. The van der Waals surface area contributed by atoms with Crippen molar-refractivity contribution in [2.75, 3.05) is 26.3 Å². The molecule has 1 unspecified atom stereocenters. The molecule has 0 rings (SSSR count). The number of aliphatic hydroxyl groups is 2. The number of alkyl halides is 3. The van der Waals surface area contributed by atoms with E-state index in [4.69, 9.17) is 15.3 Å². The first-order valence-electron chi connectivity index (χ1n) is 5.28. The highest BCUT2D eigenvalue weighted by atomic mass is 19.4. The van der Waals surface area contributed by atoms with Crippen LogP contribution in [0.25, 0.3) is 0 Å². The molecular formula is C9H15F3N2O5. The number of halogens is 3. The van der Waals surface area contributed by atoms with E-state index < -0.39 is 50.5 Å². The van der Waals surface area contributed by atoms with Gasteiger partial charge in [0.2, 0.25) is 0 Å². The molecule has 0 aliphatic heterocycles. The van der Waals surface area contributed by atoms with Gasteiger partial charge in [0.1, 0.15) is 12.6 Å². The van der Waals surface area contributed by atoms with E-state index in [9.17, 15) is 22.8 Å². The van der Waals surface area contributed by atoms with Gasteiger partial charge in [0.15, 0.2) is 0 Å². The van der Waals surface area contributed by atoms with Crippen LogP contribution in [0.2, 0.25) is 0 Å². The van der Waals surface area contributed by atoms with Gasteiger partial charge in [-0.15, -0.1) is 0 Å². The second-order valence-corrected chi connectivity index (χ2v) is 3.61. The molecule has 0 radical (unpaired) electrons. The number of carbonyl (C=O) groups is 2. The largest absolute Gasteiger partial charge is 0.480 e. The Hall–Kier alpha value is -1.55. The number of hydrogen-bond acceptors (Lipinski definition) is 4. The van der Waals surface area contributed by atoms with E-state index in [-0.39, 0.29) is 11.3 Å². The van der Waals surface area contributed by atoms with Gasteiger partial charge in [-0.25, -0.2) is 9.59 Å². The highest BCUT2D eigenvalue weighted by Gasteiger charge is 2.33. The van der Waals surface area contributed by atoms with Crippen molar-refractivity contribution in [2.45, 2.75) is 18.6 Å². The molecular weight excluding hydrogens is 273 g/mol. The highest BCUT2D eigenvalue weighted by Crippen LogP contribution is 2.16. The summed E-state index contributed by atoms with van der Waals surface area (Å²) >= 11 is 0. The predicted molar refractivity (Wildman–Crippen MR) is 56.4 cm³/mol. The van der Waals surface area contributed by atoms with Gasteiger partial charge in [-0.3, -0.25) is 0 Å². The fourth-order valence-electron chi connectivity index (χ4n) is 1.22. The van der Waals surface area contributed by atoms with E-state index in [1.165, 1.54) is 0 Å². The zero-order valence-corrected chi connectivity index (χ0v) is 9.85. The smallest absolute Gasteiger partial charge is 0.406 e. The SMILES string of the molecule is O=C(O)C(CCO)NC(=O)N(CCO)CC(F)(F)F. The van der Waals surface area contributed by atoms with Gasteiger partial charge >= 0.3 is 18.2 Å². The molecule has 0 heterocycles. The number of carbonyl (C=O) groups excluding carboxylic acids is 1. The van der Waals surface area contributed by atoms with Gasteiger partial charge in [0.05, 0.1) is 6.61 Å². The lowest BCUT2D eigenvalue weighted by Crippen LogP contribution is -2.51. The molecule has 0 aromatic heterocycles. The molecule has 0 saturated heterocycles. The Morgan fingerprint density at radius 2 is 1.79 bits per heavy atom. The number of aliphatic carboxylic acids is 1. The quantitative estimate of drug-likeness (QED) is 0.499. The normalized spacial score (nSPS) is 12.9. The van der Waals surface area contributed by atoms with Crippen LogP contribution in [0.5, 0.6) is 0 Å². The molecule has 4 N–H and O–H groups in total. The van der Waals surface area contributed by atoms with Crippen LogP contribution < -0.4 is 5.32 Å². The topological polar surface area (TPSA) is 110 Å². The van der Waals surface area contributed by atoms with E-state index in [0.29, 0.717) is 0 Å². The number of amides is 2. The average molecular weight is 288 g/mol. The van der Waals surface area contributed by atoms with Crippen molar-refractivity contribution in [3.63, 3.8) is 0 Å². The molecule has 10 heteroatoms. The number of aliphatic hydroxyl groups excluding tert-OH is 2. The maximum atomic E-state index is 12.2. The van der Waals surface area contributed by atoms with Crippen LogP contribution in [-0.2, 0) is 4.79 Å². The van der Waals surface area contributed by atoms with Gasteiger partial charge in [-0.1, -0.05) is 0 Å². The summed E-state index contributed by atoms with van der Waals surface area (Å²) in [5.74, 6) is -1.47. The number of nitrogens with one attached hydrogen (secondary N) is 1. The van der Waals surface area contributed by atoms with Gasteiger partial charge < -0.3 is 25.5 Å². The number of rotatable bonds is 7. The van der Waals surface area contributed by atoms with E-state index in [0.717, 1.165) is 0 Å². The molecule has 0 fully saturated rings. The third kappa shape index (κ3) is 7.47. The fourth-order valence-corrected chi connectivity index (χ4v) is 1.22. The van der Waals surface area contributed by atoms with Crippen LogP contribution in [-0.4, -0.2) is 70.7 Å². The number of carboxylic acids is 1. The molecule has 0 spiro atoms. The molecule has 1 atom stereocenters. The van der Waals surface area contributed by atoms with Crippen molar-refractivity contribution in [1.29, 1.82) is 0 Å². The van der Waals surface area contributed by atoms with E-state index in [1.807, 2.05) is 5.32 Å². The summed E-state index contributed by atoms with van der Waals surface area (Å²) in [5.41, 5.74) is 0. The number of hydrogen-bond donors (Lipinski definition) is 4. The molecule has 0 aliphatic rings. The lowest BCUT2D eigenvalue weighted by molar-refractivity contribution is -0.141. The van der Waals surface area contributed by atoms with Crippen LogP contribution in [0.3, 0.4) is 0 Å². The lowest BCUT2D eigenvalue weighted by Gasteiger charge is -2.25. The summed E-state index contributed by atoms with van der Waals surface area (Å²) in [6.45, 7) is -3.43. The van der Waals surface area contributed by atoms with Crippen LogP contribution in [0.1, 0.15) is 6.42 Å². The van der Waals surface area contributed by atoms with Gasteiger partial charge in [0.25, 0.3) is 0 Å². The van der Waals surface area contributed by atoms with Crippen molar-refractivity contribution < 1.29 is 38.1 Å². The number of carboxylic acid groups (broad SMARTS) is 1. The fraction of sp³-hybridized carbons (Fsp3) is 0.778. The zero-order chi connectivity index (χ0) is 15.1. The van der Waals surface area contributed by atoms with Crippen molar-refractivity contribution in [3.05, 3.63) is 0 Å². The summed E-state index contributed by atoms with van der Waals surface area (Å²) in [4.78, 5) is 22.4. The summed E-state index contributed by atoms with van der Waals surface area (Å²) in [7, 11) is 0. The van der Waals surface area contributed by atoms with E-state index in [1.54, 1.807) is 0 Å². The summed E-state index contributed by atoms with van der Waals surface area (Å²) in [6.07, 6.45) is -5.00. The summed E-state index contributed by atoms with van der Waals surface area (Å²) in [5, 5.41) is 27.7. The Labute approximate surface area is 106 Å². The van der Waals surface area contributed by atoms with Crippen LogP contribution in [0, 0.1) is 0 Å². The number of urea groups is 1. The molecule has 0 bridgehead atoms. The Balaban J connectivity index is 4.65. The minimum atomic E-state index is -4.66. The summed E-state index contributed by atoms with van der Waals surface area (Å²) < 4.78 is 36.5. The van der Waals surface area contributed by atoms with E-state index >= 15 is 0 Å². The summed E-state index contributed by atoms with van der Waals surface area (Å²) in [6, 6.07) is -2.76. The molecule has 0 aromatic rings. The highest BCUT2D eigenvalue weighted by molar-refractivity contribution is 5.82. The van der Waals surface area contributed by atoms with Crippen LogP contribution in [0.4, 0.5) is 18.0 Å². The second kappa shape index (κ2) is 7.79. The number of nitrogens with zero attached hydrogens (tertiary/aromatic N) is 1. The Kier molecular flexibility index (Phi) is 7.16. The first-order valence-corrected chi connectivity index (χ1v) is 5.28. The van der Waals surface area contributed by atoms with E-state index in [2.05, 4.69) is 0 Å². The van der Waals surface area contributed by atoms with Gasteiger partial charge in [0, 0.05) is 19.6 Å². The predicted octanol–water partition coefficient (Wildman–Crippen LogP) is -0.612. The Morgan fingerprint density at radius 3 is 2.16 bits per heavy atom. The molecule has 0 aliphatic carbocycles. The van der Waals surface area contributed by atoms with Crippen molar-refractivity contribution >= 4 is 12.0 Å². The third-order valence-electron chi connectivity index (χ3n) is 2.04. The minimum Gasteiger partial charge on any atom is -0.480 e. The second-order valence-electron chi connectivity index (χ2n) is 3.61. The molecule has 0 aromatic carbocycles. The Bertz CT molecular complexity index is 311. The van der Waals surface area contributed by atoms with Gasteiger partial charge in [-0.2, -0.15) is 13.2 Å². The molecule has 0 saturated carbocycles. The Morgan fingerprint density at radius 1 is 1.21 bits per heavy atom. The molecule has 19 heavy (non-hydrogen) atoms. The first-order chi connectivity index (χ1) is 8.71. The zero-order valence-electron chi connectivity index (χ0n) is 9.85. The molecule has 112 valence electrons. The minimum absolute atomic E-state index is 0.243. The molecule has 2 amide bonds. The standard InChI is InChI=1S/C9H15F3N2O5/c10-9(11,12)5-14(2-4-16)8(19)13-6(1-3-15)7(17)18/h6,15-16H,1-5H2,(H,13,19)(H,17,18). The van der Waals surface area contributed by atoms with Crippen LogP contribution >= 0.6 is 0 Å². The first kappa shape index (κ1) is 17.4. The lowest BCUT2D eigenvalue weighted by atomic mass is 10.2. The van der Waals surface area contributed by atoms with Crippen molar-refractivity contribution in [3.8, 4) is 0 Å². The van der Waals surface area contributed by atoms with Crippen molar-refractivity contribution in [2.24, 2.45) is 0 Å². The maximum absolute atomic E-state index is 12.2. The monoisotopic (exact) mass is 288 g/mol.